The molecule has 0 aliphatic rings. The summed E-state index contributed by atoms with van der Waals surface area (Å²) in [6.07, 6.45) is -4.43. The van der Waals surface area contributed by atoms with Crippen molar-refractivity contribution in [3.63, 3.8) is 0 Å². The number of rotatable bonds is 4. The molecule has 0 aliphatic carbocycles. The molecule has 3 aromatic carbocycles. The molecule has 4 rings (SSSR count). The Labute approximate surface area is 194 Å². The quantitative estimate of drug-likeness (QED) is 0.302. The fraction of sp³-hybridized carbons (Fsp3) is 0.0476. The van der Waals surface area contributed by atoms with Crippen molar-refractivity contribution >= 4 is 40.6 Å². The number of nitrogens with one attached hydrogen (secondary N) is 3. The molecule has 0 saturated heterocycles. The van der Waals surface area contributed by atoms with Gasteiger partial charge in [-0.25, -0.2) is 4.79 Å². The lowest BCUT2D eigenvalue weighted by Crippen LogP contribution is -2.20. The molecule has 0 radical (unpaired) electrons. The number of halogens is 5. The first-order valence-corrected chi connectivity index (χ1v) is 10.0. The van der Waals surface area contributed by atoms with Gasteiger partial charge in [-0.05, 0) is 58.8 Å². The molecule has 4 aromatic rings. The highest BCUT2D eigenvalue weighted by atomic mass is 35.5. The second-order valence-corrected chi connectivity index (χ2v) is 7.68. The van der Waals surface area contributed by atoms with Crippen molar-refractivity contribution in [3.8, 4) is 22.5 Å². The Morgan fingerprint density at radius 2 is 1.55 bits per heavy atom. The smallest absolute Gasteiger partial charge is 0.308 e. The Morgan fingerprint density at radius 1 is 0.879 bits per heavy atom. The molecule has 2 amide bonds. The van der Waals surface area contributed by atoms with Crippen molar-refractivity contribution in [1.29, 1.82) is 0 Å². The third kappa shape index (κ3) is 5.41. The van der Waals surface area contributed by atoms with Crippen LogP contribution in [0.4, 0.5) is 29.3 Å². The zero-order chi connectivity index (χ0) is 23.6. The van der Waals surface area contributed by atoms with E-state index < -0.39 is 17.8 Å². The monoisotopic (exact) mass is 492 g/mol. The molecule has 0 spiro atoms. The van der Waals surface area contributed by atoms with E-state index in [1.165, 1.54) is 30.3 Å². The third-order valence-corrected chi connectivity index (χ3v) is 4.96. The molecular formula is C21H13Cl2F3N6O. The topological polar surface area (TPSA) is 95.6 Å². The highest BCUT2D eigenvalue weighted by molar-refractivity contribution is 6.35. The number of benzene rings is 3. The summed E-state index contributed by atoms with van der Waals surface area (Å²) in [4.78, 5) is 12.5. The summed E-state index contributed by atoms with van der Waals surface area (Å²) >= 11 is 11.9. The number of H-pyrrole nitrogens is 1. The van der Waals surface area contributed by atoms with Crippen molar-refractivity contribution in [3.05, 3.63) is 76.3 Å². The van der Waals surface area contributed by atoms with E-state index in [4.69, 9.17) is 23.2 Å². The zero-order valence-electron chi connectivity index (χ0n) is 16.4. The summed E-state index contributed by atoms with van der Waals surface area (Å²) in [6, 6.07) is 13.6. The molecule has 1 aromatic heterocycles. The van der Waals surface area contributed by atoms with Crippen LogP contribution >= 0.6 is 23.2 Å². The van der Waals surface area contributed by atoms with E-state index in [1.807, 2.05) is 0 Å². The number of carbonyl (C=O) groups excluding carboxylic acids is 1. The largest absolute Gasteiger partial charge is 0.416 e. The first-order valence-electron chi connectivity index (χ1n) is 9.28. The van der Waals surface area contributed by atoms with Crippen molar-refractivity contribution in [2.75, 3.05) is 10.6 Å². The zero-order valence-corrected chi connectivity index (χ0v) is 17.9. The van der Waals surface area contributed by atoms with Crippen LogP contribution in [0.15, 0.2) is 60.7 Å². The van der Waals surface area contributed by atoms with E-state index >= 15 is 0 Å². The van der Waals surface area contributed by atoms with Crippen LogP contribution in [0, 0.1) is 0 Å². The van der Waals surface area contributed by atoms with E-state index in [0.717, 1.165) is 12.1 Å². The first kappa shape index (κ1) is 22.6. The lowest BCUT2D eigenvalue weighted by molar-refractivity contribution is -0.137. The average molecular weight is 493 g/mol. The Morgan fingerprint density at radius 3 is 2.15 bits per heavy atom. The molecule has 0 saturated carbocycles. The van der Waals surface area contributed by atoms with Crippen LogP contribution in [0.1, 0.15) is 5.56 Å². The lowest BCUT2D eigenvalue weighted by atomic mass is 10.00. The van der Waals surface area contributed by atoms with Gasteiger partial charge in [0, 0.05) is 21.3 Å². The van der Waals surface area contributed by atoms with E-state index in [1.54, 1.807) is 18.2 Å². The number of aromatic nitrogens is 4. The molecule has 0 aliphatic heterocycles. The van der Waals surface area contributed by atoms with Crippen LogP contribution in [0.2, 0.25) is 10.0 Å². The normalized spacial score (nSPS) is 11.3. The maximum atomic E-state index is 12.9. The van der Waals surface area contributed by atoms with Crippen molar-refractivity contribution in [2.24, 2.45) is 0 Å². The van der Waals surface area contributed by atoms with Gasteiger partial charge in [0.2, 0.25) is 5.82 Å². The molecule has 3 N–H and O–H groups in total. The molecule has 1 heterocycles. The highest BCUT2D eigenvalue weighted by Crippen LogP contribution is 2.34. The molecule has 168 valence electrons. The molecule has 0 fully saturated rings. The first-order chi connectivity index (χ1) is 15.7. The van der Waals surface area contributed by atoms with Gasteiger partial charge in [-0.3, -0.25) is 0 Å². The molecule has 33 heavy (non-hydrogen) atoms. The van der Waals surface area contributed by atoms with Gasteiger partial charge in [0.25, 0.3) is 0 Å². The van der Waals surface area contributed by atoms with E-state index in [2.05, 4.69) is 31.3 Å². The molecule has 0 atom stereocenters. The highest BCUT2D eigenvalue weighted by Gasteiger charge is 2.30. The number of tetrazole rings is 1. The standard InChI is InChI=1S/C21H13Cl2F3N6O/c22-14-8-15(23)10-16(9-14)27-20(33)28-18-6-3-12(7-17(18)19-29-31-32-30-19)11-1-4-13(5-2-11)21(24,25)26/h1-10H,(H2,27,28,33)(H,29,30,31,32). The van der Waals surface area contributed by atoms with Crippen LogP contribution in [-0.2, 0) is 6.18 Å². The van der Waals surface area contributed by atoms with Gasteiger partial charge in [-0.2, -0.15) is 18.4 Å². The van der Waals surface area contributed by atoms with Crippen molar-refractivity contribution in [1.82, 2.24) is 20.6 Å². The Kier molecular flexibility index (Phi) is 6.21. The van der Waals surface area contributed by atoms with Gasteiger partial charge in [0.15, 0.2) is 0 Å². The minimum atomic E-state index is -4.43. The molecular weight excluding hydrogens is 480 g/mol. The van der Waals surface area contributed by atoms with Crippen LogP contribution in [0.5, 0.6) is 0 Å². The number of hydrogen-bond donors (Lipinski definition) is 3. The van der Waals surface area contributed by atoms with E-state index in [-0.39, 0.29) is 5.82 Å². The summed E-state index contributed by atoms with van der Waals surface area (Å²) in [5.74, 6) is 0.185. The van der Waals surface area contributed by atoms with Crippen LogP contribution < -0.4 is 10.6 Å². The third-order valence-electron chi connectivity index (χ3n) is 4.52. The number of hydrogen-bond acceptors (Lipinski definition) is 4. The van der Waals surface area contributed by atoms with Gasteiger partial charge < -0.3 is 10.6 Å². The van der Waals surface area contributed by atoms with Gasteiger partial charge in [-0.15, -0.1) is 10.2 Å². The molecule has 0 bridgehead atoms. The number of amides is 2. The number of nitrogens with zero attached hydrogens (tertiary/aromatic N) is 3. The Bertz CT molecular complexity index is 1270. The number of carbonyl (C=O) groups is 1. The second kappa shape index (κ2) is 9.08. The molecule has 7 nitrogen and oxygen atoms in total. The number of anilines is 2. The van der Waals surface area contributed by atoms with Crippen molar-refractivity contribution < 1.29 is 18.0 Å². The number of aromatic amines is 1. The second-order valence-electron chi connectivity index (χ2n) is 6.81. The minimum Gasteiger partial charge on any atom is -0.308 e. The Hall–Kier alpha value is -3.63. The summed E-state index contributed by atoms with van der Waals surface area (Å²) < 4.78 is 38.6. The maximum Gasteiger partial charge on any atom is 0.416 e. The molecule has 12 heteroatoms. The predicted octanol–water partition coefficient (Wildman–Crippen LogP) is 6.50. The molecule has 0 unspecified atom stereocenters. The maximum absolute atomic E-state index is 12.9. The summed E-state index contributed by atoms with van der Waals surface area (Å²) in [7, 11) is 0. The number of alkyl halides is 3. The minimum absolute atomic E-state index is 0.185. The SMILES string of the molecule is O=C(Nc1cc(Cl)cc(Cl)c1)Nc1ccc(-c2ccc(C(F)(F)F)cc2)cc1-c1nn[nH]n1. The van der Waals surface area contributed by atoms with Crippen molar-refractivity contribution in [2.45, 2.75) is 6.18 Å². The van der Waals surface area contributed by atoms with Crippen LogP contribution in [-0.4, -0.2) is 26.7 Å². The van der Waals surface area contributed by atoms with Crippen LogP contribution in [0.3, 0.4) is 0 Å². The lowest BCUT2D eigenvalue weighted by Gasteiger charge is -2.13. The van der Waals surface area contributed by atoms with Gasteiger partial charge in [0.1, 0.15) is 0 Å². The van der Waals surface area contributed by atoms with Gasteiger partial charge in [0.05, 0.1) is 11.3 Å². The number of urea groups is 1. The van der Waals surface area contributed by atoms with E-state index in [9.17, 15) is 18.0 Å². The predicted molar refractivity (Wildman–Crippen MR) is 119 cm³/mol. The van der Waals surface area contributed by atoms with Gasteiger partial charge >= 0.3 is 12.2 Å². The van der Waals surface area contributed by atoms with Gasteiger partial charge in [-0.1, -0.05) is 41.4 Å². The van der Waals surface area contributed by atoms with Crippen LogP contribution in [0.25, 0.3) is 22.5 Å². The summed E-state index contributed by atoms with van der Waals surface area (Å²) in [5, 5.41) is 19.8. The summed E-state index contributed by atoms with van der Waals surface area (Å²) in [5.41, 5.74) is 1.51. The fourth-order valence-electron chi connectivity index (χ4n) is 3.06. The fourth-order valence-corrected chi connectivity index (χ4v) is 3.58. The Balaban J connectivity index is 1.63. The van der Waals surface area contributed by atoms with E-state index in [0.29, 0.717) is 38.1 Å². The average Bonchev–Trinajstić information content (AvgIpc) is 3.27. The summed E-state index contributed by atoms with van der Waals surface area (Å²) in [6.45, 7) is 0.